The van der Waals surface area contributed by atoms with Crippen LogP contribution in [0.3, 0.4) is 0 Å². The predicted molar refractivity (Wildman–Crippen MR) is 103 cm³/mol. The molecule has 0 heterocycles. The van der Waals surface area contributed by atoms with E-state index >= 15 is 0 Å². The van der Waals surface area contributed by atoms with E-state index in [-0.39, 0.29) is 0 Å². The van der Waals surface area contributed by atoms with Gasteiger partial charge in [0.15, 0.2) is 0 Å². The smallest absolute Gasteiger partial charge is 0.0873 e. The maximum absolute atomic E-state index is 5.78. The Morgan fingerprint density at radius 2 is 1.21 bits per heavy atom. The number of hydrogen-bond donors (Lipinski definition) is 4. The average molecular weight is 318 g/mol. The molecular formula is C20H22N4. The first-order chi connectivity index (χ1) is 11.5. The minimum atomic E-state index is -0.658. The second kappa shape index (κ2) is 6.35. The fourth-order valence-corrected chi connectivity index (χ4v) is 2.82. The topological polar surface area (TPSA) is 104 Å². The molecule has 3 aromatic rings. The van der Waals surface area contributed by atoms with Gasteiger partial charge in [-0.25, -0.2) is 0 Å². The molecule has 24 heavy (non-hydrogen) atoms. The summed E-state index contributed by atoms with van der Waals surface area (Å²) < 4.78 is 0. The Labute approximate surface area is 141 Å². The maximum Gasteiger partial charge on any atom is 0.0873 e. The lowest BCUT2D eigenvalue weighted by atomic mass is 9.99. The average Bonchev–Trinajstić information content (AvgIpc) is 2.56. The molecule has 8 N–H and O–H groups in total. The molecule has 3 aromatic carbocycles. The number of anilines is 2. The summed E-state index contributed by atoms with van der Waals surface area (Å²) in [6.45, 7) is 0. The number of hydrogen-bond acceptors (Lipinski definition) is 4. The van der Waals surface area contributed by atoms with Crippen LogP contribution < -0.4 is 33.4 Å². The minimum Gasteiger partial charge on any atom is -0.398 e. The molecule has 0 aromatic heterocycles. The number of nitrogen functional groups attached to an aromatic ring is 2. The summed E-state index contributed by atoms with van der Waals surface area (Å²) >= 11 is 0. The van der Waals surface area contributed by atoms with E-state index in [9.17, 15) is 0 Å². The second-order valence-corrected chi connectivity index (χ2v) is 6.08. The third-order valence-corrected chi connectivity index (χ3v) is 4.09. The zero-order valence-corrected chi connectivity index (χ0v) is 13.4. The molecule has 0 spiro atoms. The van der Waals surface area contributed by atoms with Gasteiger partial charge in [-0.05, 0) is 28.6 Å². The maximum atomic E-state index is 5.78. The van der Waals surface area contributed by atoms with E-state index in [4.69, 9.17) is 22.9 Å². The van der Waals surface area contributed by atoms with Crippen LogP contribution in [-0.4, -0.2) is 5.66 Å². The van der Waals surface area contributed by atoms with Crippen LogP contribution >= 0.6 is 0 Å². The van der Waals surface area contributed by atoms with Gasteiger partial charge in [-0.1, -0.05) is 54.6 Å². The largest absolute Gasteiger partial charge is 0.398 e. The molecule has 0 atom stereocenters. The second-order valence-electron chi connectivity index (χ2n) is 6.08. The Morgan fingerprint density at radius 1 is 0.667 bits per heavy atom. The zero-order valence-electron chi connectivity index (χ0n) is 13.4. The van der Waals surface area contributed by atoms with Crippen molar-refractivity contribution in [3.05, 3.63) is 71.1 Å². The van der Waals surface area contributed by atoms with Gasteiger partial charge < -0.3 is 22.9 Å². The highest BCUT2D eigenvalue weighted by atomic mass is 14.9. The van der Waals surface area contributed by atoms with Crippen molar-refractivity contribution in [2.75, 3.05) is 11.5 Å². The van der Waals surface area contributed by atoms with Crippen molar-refractivity contribution < 1.29 is 0 Å². The van der Waals surface area contributed by atoms with Gasteiger partial charge in [-0.2, -0.15) is 0 Å². The summed E-state index contributed by atoms with van der Waals surface area (Å²) in [4.78, 5) is 0. The minimum absolute atomic E-state index is 0.658. The summed E-state index contributed by atoms with van der Waals surface area (Å²) in [5.41, 5.74) is 24.0. The van der Waals surface area contributed by atoms with Crippen molar-refractivity contribution in [1.82, 2.24) is 0 Å². The lowest BCUT2D eigenvalue weighted by Gasteiger charge is -2.20. The third-order valence-electron chi connectivity index (χ3n) is 4.09. The van der Waals surface area contributed by atoms with Crippen LogP contribution in [0.5, 0.6) is 0 Å². The third kappa shape index (κ3) is 3.40. The summed E-state index contributed by atoms with van der Waals surface area (Å²) in [6.07, 6.45) is 4.71. The molecule has 0 unspecified atom stereocenters. The highest BCUT2D eigenvalue weighted by Crippen LogP contribution is 2.24. The summed E-state index contributed by atoms with van der Waals surface area (Å²) in [5, 5.41) is 4.41. The van der Waals surface area contributed by atoms with Gasteiger partial charge in [0.25, 0.3) is 0 Å². The molecule has 0 saturated carbocycles. The number of fused-ring (bicyclic) bond motifs is 2. The van der Waals surface area contributed by atoms with Gasteiger partial charge in [0.1, 0.15) is 0 Å². The van der Waals surface area contributed by atoms with Crippen LogP contribution in [0.4, 0.5) is 11.4 Å². The van der Waals surface area contributed by atoms with Gasteiger partial charge in [-0.15, -0.1) is 0 Å². The van der Waals surface area contributed by atoms with Crippen LogP contribution in [-0.2, 0) is 0 Å². The molecule has 0 amide bonds. The van der Waals surface area contributed by atoms with Crippen molar-refractivity contribution in [3.8, 4) is 0 Å². The van der Waals surface area contributed by atoms with Crippen molar-refractivity contribution in [1.29, 1.82) is 0 Å². The van der Waals surface area contributed by atoms with Crippen LogP contribution in [0, 0.1) is 0 Å². The molecule has 4 nitrogen and oxygen atoms in total. The molecule has 0 saturated heterocycles. The number of nitrogens with two attached hydrogens (primary N) is 4. The van der Waals surface area contributed by atoms with Crippen molar-refractivity contribution in [2.45, 2.75) is 12.1 Å². The van der Waals surface area contributed by atoms with Crippen molar-refractivity contribution in [2.24, 2.45) is 11.5 Å². The fraction of sp³-hybridized carbons (Fsp3) is 0.100. The number of rotatable bonds is 0. The van der Waals surface area contributed by atoms with E-state index in [2.05, 4.69) is 12.1 Å². The SMILES string of the molecule is NC1(N)C=c2ccccc2=CC1.Nc1cccc2c(N)cccc12. The highest BCUT2D eigenvalue weighted by molar-refractivity contribution is 5.99. The van der Waals surface area contributed by atoms with Crippen LogP contribution in [0.15, 0.2) is 60.7 Å². The van der Waals surface area contributed by atoms with Gasteiger partial charge in [0.05, 0.1) is 5.66 Å². The predicted octanol–water partition coefficient (Wildman–Crippen LogP) is 1.27. The fourth-order valence-electron chi connectivity index (χ4n) is 2.82. The van der Waals surface area contributed by atoms with E-state index < -0.39 is 5.66 Å². The van der Waals surface area contributed by atoms with Crippen LogP contribution in [0.25, 0.3) is 22.9 Å². The van der Waals surface area contributed by atoms with Gasteiger partial charge >= 0.3 is 0 Å². The molecular weight excluding hydrogens is 296 g/mol. The monoisotopic (exact) mass is 318 g/mol. The summed E-state index contributed by atoms with van der Waals surface area (Å²) in [7, 11) is 0. The van der Waals surface area contributed by atoms with Gasteiger partial charge in [-0.3, -0.25) is 0 Å². The van der Waals surface area contributed by atoms with Gasteiger partial charge in [0, 0.05) is 28.6 Å². The Bertz CT molecular complexity index is 949. The molecule has 0 radical (unpaired) electrons. The summed E-state index contributed by atoms with van der Waals surface area (Å²) in [5.74, 6) is 0. The van der Waals surface area contributed by atoms with E-state index in [0.717, 1.165) is 27.4 Å². The lowest BCUT2D eigenvalue weighted by molar-refractivity contribution is 0.605. The number of benzene rings is 3. The lowest BCUT2D eigenvalue weighted by Crippen LogP contribution is -2.51. The van der Waals surface area contributed by atoms with E-state index in [1.807, 2.05) is 60.7 Å². The highest BCUT2D eigenvalue weighted by Gasteiger charge is 2.15. The molecule has 4 rings (SSSR count). The van der Waals surface area contributed by atoms with E-state index in [1.54, 1.807) is 0 Å². The van der Waals surface area contributed by atoms with Crippen molar-refractivity contribution in [3.63, 3.8) is 0 Å². The quantitative estimate of drug-likeness (QED) is 0.370. The van der Waals surface area contributed by atoms with E-state index in [0.29, 0.717) is 6.42 Å². The standard InChI is InChI=1S/C10H10N2.C10H12N2/c11-9-5-1-3-7-8(9)4-2-6-10(7)12;11-10(12)6-5-8-3-1-2-4-9(8)7-10/h1-6H,11-12H2;1-5,7H,6,11-12H2. The Hall–Kier alpha value is -2.82. The molecule has 122 valence electrons. The molecule has 0 aliphatic heterocycles. The zero-order chi connectivity index (χ0) is 17.2. The Balaban J connectivity index is 0.000000141. The first-order valence-electron chi connectivity index (χ1n) is 7.85. The van der Waals surface area contributed by atoms with Gasteiger partial charge in [0.2, 0.25) is 0 Å². The molecule has 0 bridgehead atoms. The van der Waals surface area contributed by atoms with Crippen LogP contribution in [0.1, 0.15) is 6.42 Å². The molecule has 4 heteroatoms. The Morgan fingerprint density at radius 3 is 1.79 bits per heavy atom. The van der Waals surface area contributed by atoms with Crippen LogP contribution in [0.2, 0.25) is 0 Å². The molecule has 0 fully saturated rings. The van der Waals surface area contributed by atoms with E-state index in [1.165, 1.54) is 5.22 Å². The first kappa shape index (κ1) is 16.1. The first-order valence-corrected chi connectivity index (χ1v) is 7.85. The molecule has 1 aliphatic rings. The normalized spacial score (nSPS) is 14.6. The summed E-state index contributed by atoms with van der Waals surface area (Å²) in [6, 6.07) is 19.6. The van der Waals surface area contributed by atoms with Crippen molar-refractivity contribution >= 4 is 34.3 Å². The molecule has 1 aliphatic carbocycles. The Kier molecular flexibility index (Phi) is 4.25.